The summed E-state index contributed by atoms with van der Waals surface area (Å²) in [5.74, 6) is 0.334. The lowest BCUT2D eigenvalue weighted by Crippen LogP contribution is -2.25. The smallest absolute Gasteiger partial charge is 0.159 e. The fourth-order valence-corrected chi connectivity index (χ4v) is 4.35. The molecule has 1 rings (SSSR count). The lowest BCUT2D eigenvalue weighted by molar-refractivity contribution is -0.118. The van der Waals surface area contributed by atoms with Crippen molar-refractivity contribution < 1.29 is 4.79 Å². The summed E-state index contributed by atoms with van der Waals surface area (Å²) >= 11 is 11.8. The van der Waals surface area contributed by atoms with Crippen LogP contribution in [0.25, 0.3) is 0 Å². The van der Waals surface area contributed by atoms with E-state index in [-0.39, 0.29) is 10.5 Å². The minimum atomic E-state index is 0.0598. The maximum absolute atomic E-state index is 12.0. The number of thioether (sulfide) groups is 2. The van der Waals surface area contributed by atoms with Crippen molar-refractivity contribution in [1.82, 2.24) is 0 Å². The van der Waals surface area contributed by atoms with Crippen LogP contribution in [0.1, 0.15) is 26.7 Å². The van der Waals surface area contributed by atoms with E-state index in [9.17, 15) is 4.79 Å². The second-order valence-electron chi connectivity index (χ2n) is 3.04. The van der Waals surface area contributed by atoms with Gasteiger partial charge in [0.15, 0.2) is 5.78 Å². The number of hydrogen-bond acceptors (Lipinski definition) is 5. The van der Waals surface area contributed by atoms with E-state index in [2.05, 4.69) is 25.3 Å². The SMILES string of the molecule is CCC1SC(S)=C(S)SC(CC)C1=O. The van der Waals surface area contributed by atoms with Crippen LogP contribution in [0.4, 0.5) is 0 Å². The van der Waals surface area contributed by atoms with Gasteiger partial charge in [0.05, 0.1) is 19.0 Å². The Morgan fingerprint density at radius 1 is 1.07 bits per heavy atom. The van der Waals surface area contributed by atoms with E-state index in [1.54, 1.807) is 0 Å². The van der Waals surface area contributed by atoms with Gasteiger partial charge in [-0.25, -0.2) is 0 Å². The summed E-state index contributed by atoms with van der Waals surface area (Å²) in [5, 5.41) is 0.120. The van der Waals surface area contributed by atoms with Gasteiger partial charge in [-0.2, -0.15) is 0 Å². The number of carbonyl (C=O) groups is 1. The van der Waals surface area contributed by atoms with Crippen LogP contribution in [-0.4, -0.2) is 16.3 Å². The molecule has 14 heavy (non-hydrogen) atoms. The summed E-state index contributed by atoms with van der Waals surface area (Å²) in [6, 6.07) is 0. The average molecular weight is 266 g/mol. The van der Waals surface area contributed by atoms with Crippen LogP contribution < -0.4 is 0 Å². The molecule has 0 aliphatic carbocycles. The van der Waals surface area contributed by atoms with Crippen LogP contribution in [-0.2, 0) is 4.79 Å². The van der Waals surface area contributed by atoms with Crippen molar-refractivity contribution in [3.63, 3.8) is 0 Å². The summed E-state index contributed by atoms with van der Waals surface area (Å²) in [6.45, 7) is 4.08. The molecule has 0 N–H and O–H groups in total. The molecular formula is C9H14OS4. The van der Waals surface area contributed by atoms with Crippen LogP contribution in [0.15, 0.2) is 8.47 Å². The van der Waals surface area contributed by atoms with E-state index < -0.39 is 0 Å². The minimum absolute atomic E-state index is 0.0598. The molecule has 0 amide bonds. The number of Topliss-reactive ketones (excluding diaryl/α,β-unsaturated/α-hetero) is 1. The molecule has 1 heterocycles. The third kappa shape index (κ3) is 2.90. The first-order valence-electron chi connectivity index (χ1n) is 4.59. The first-order chi connectivity index (χ1) is 6.60. The molecule has 5 heteroatoms. The molecule has 0 radical (unpaired) electrons. The molecule has 0 aromatic heterocycles. The zero-order valence-corrected chi connectivity index (χ0v) is 11.6. The maximum atomic E-state index is 12.0. The minimum Gasteiger partial charge on any atom is -0.297 e. The van der Waals surface area contributed by atoms with Crippen molar-refractivity contribution >= 4 is 54.6 Å². The number of thiol groups is 2. The molecule has 0 spiro atoms. The van der Waals surface area contributed by atoms with Crippen molar-refractivity contribution in [3.8, 4) is 0 Å². The molecule has 2 atom stereocenters. The Morgan fingerprint density at radius 2 is 1.43 bits per heavy atom. The highest BCUT2D eigenvalue weighted by molar-refractivity contribution is 8.22. The monoisotopic (exact) mass is 266 g/mol. The Bertz CT molecular complexity index is 238. The van der Waals surface area contributed by atoms with E-state index >= 15 is 0 Å². The molecule has 0 aromatic carbocycles. The highest BCUT2D eigenvalue weighted by Crippen LogP contribution is 2.43. The standard InChI is InChI=1S/C9H14OS4/c1-3-5-7(10)6(4-2)14-9(12)8(11)13-5/h5-6,11-12H,3-4H2,1-2H3. The van der Waals surface area contributed by atoms with Gasteiger partial charge in [-0.3, -0.25) is 4.79 Å². The number of ketones is 1. The lowest BCUT2D eigenvalue weighted by atomic mass is 10.1. The van der Waals surface area contributed by atoms with Gasteiger partial charge >= 0.3 is 0 Å². The van der Waals surface area contributed by atoms with Crippen LogP contribution in [0.5, 0.6) is 0 Å². The Morgan fingerprint density at radius 3 is 1.71 bits per heavy atom. The molecule has 1 nitrogen and oxygen atoms in total. The first-order valence-corrected chi connectivity index (χ1v) is 7.24. The van der Waals surface area contributed by atoms with E-state index in [4.69, 9.17) is 0 Å². The zero-order chi connectivity index (χ0) is 10.7. The van der Waals surface area contributed by atoms with Crippen LogP contribution in [0.2, 0.25) is 0 Å². The molecule has 80 valence electrons. The third-order valence-corrected chi connectivity index (χ3v) is 6.31. The third-order valence-electron chi connectivity index (χ3n) is 2.07. The molecule has 1 aliphatic heterocycles. The summed E-state index contributed by atoms with van der Waals surface area (Å²) in [7, 11) is 0. The maximum Gasteiger partial charge on any atom is 0.159 e. The predicted molar refractivity (Wildman–Crippen MR) is 73.3 cm³/mol. The van der Waals surface area contributed by atoms with Crippen molar-refractivity contribution in [2.45, 2.75) is 37.2 Å². The van der Waals surface area contributed by atoms with E-state index in [0.717, 1.165) is 21.3 Å². The molecule has 1 aliphatic rings. The second-order valence-corrected chi connectivity index (χ2v) is 6.97. The number of hydrogen-bond donors (Lipinski definition) is 2. The van der Waals surface area contributed by atoms with Crippen LogP contribution >= 0.6 is 48.8 Å². The summed E-state index contributed by atoms with van der Waals surface area (Å²) in [5.41, 5.74) is 0. The largest absolute Gasteiger partial charge is 0.297 e. The van der Waals surface area contributed by atoms with Gasteiger partial charge in [-0.05, 0) is 12.8 Å². The van der Waals surface area contributed by atoms with E-state index in [1.165, 1.54) is 23.5 Å². The van der Waals surface area contributed by atoms with Gasteiger partial charge < -0.3 is 0 Å². The van der Waals surface area contributed by atoms with Gasteiger partial charge in [-0.1, -0.05) is 13.8 Å². The molecule has 0 saturated heterocycles. The van der Waals surface area contributed by atoms with Gasteiger partial charge in [-0.15, -0.1) is 48.8 Å². The Balaban J connectivity index is 2.89. The molecule has 0 fully saturated rings. The van der Waals surface area contributed by atoms with Crippen molar-refractivity contribution in [1.29, 1.82) is 0 Å². The summed E-state index contributed by atoms with van der Waals surface area (Å²) in [6.07, 6.45) is 1.73. The fraction of sp³-hybridized carbons (Fsp3) is 0.667. The fourth-order valence-electron chi connectivity index (χ4n) is 1.26. The van der Waals surface area contributed by atoms with Gasteiger partial charge in [0.25, 0.3) is 0 Å². The topological polar surface area (TPSA) is 17.1 Å². The van der Waals surface area contributed by atoms with Crippen LogP contribution in [0.3, 0.4) is 0 Å². The van der Waals surface area contributed by atoms with Crippen LogP contribution in [0, 0.1) is 0 Å². The Kier molecular flexibility index (Phi) is 5.31. The second kappa shape index (κ2) is 5.77. The molecule has 0 aromatic rings. The first kappa shape index (κ1) is 12.9. The van der Waals surface area contributed by atoms with Gasteiger partial charge in [0, 0.05) is 0 Å². The summed E-state index contributed by atoms with van der Waals surface area (Å²) in [4.78, 5) is 12.0. The number of rotatable bonds is 2. The van der Waals surface area contributed by atoms with Crippen molar-refractivity contribution in [3.05, 3.63) is 8.47 Å². The highest BCUT2D eigenvalue weighted by atomic mass is 32.2. The summed E-state index contributed by atoms with van der Waals surface area (Å²) < 4.78 is 1.77. The quantitative estimate of drug-likeness (QED) is 0.744. The van der Waals surface area contributed by atoms with Crippen molar-refractivity contribution in [2.75, 3.05) is 0 Å². The van der Waals surface area contributed by atoms with E-state index in [1.807, 2.05) is 13.8 Å². The Hall–Kier alpha value is 0.810. The average Bonchev–Trinajstić information content (AvgIpc) is 2.29. The van der Waals surface area contributed by atoms with Crippen molar-refractivity contribution in [2.24, 2.45) is 0 Å². The molecular weight excluding hydrogens is 252 g/mol. The Labute approximate surface area is 105 Å². The van der Waals surface area contributed by atoms with Gasteiger partial charge in [0.1, 0.15) is 0 Å². The van der Waals surface area contributed by atoms with E-state index in [0.29, 0.717) is 5.78 Å². The predicted octanol–water partition coefficient (Wildman–Crippen LogP) is 3.58. The highest BCUT2D eigenvalue weighted by Gasteiger charge is 2.30. The lowest BCUT2D eigenvalue weighted by Gasteiger charge is -2.14. The molecule has 2 unspecified atom stereocenters. The number of carbonyl (C=O) groups excluding carboxylic acids is 1. The molecule has 0 bridgehead atoms. The van der Waals surface area contributed by atoms with Gasteiger partial charge in [0.2, 0.25) is 0 Å². The zero-order valence-electron chi connectivity index (χ0n) is 8.19. The molecule has 0 saturated carbocycles. The normalized spacial score (nSPS) is 29.3.